The van der Waals surface area contributed by atoms with Crippen molar-refractivity contribution in [2.24, 2.45) is 0 Å². The van der Waals surface area contributed by atoms with Gasteiger partial charge in [-0.15, -0.1) is 0 Å². The number of non-ortho nitro benzene ring substituents is 1. The molecule has 1 heterocycles. The van der Waals surface area contributed by atoms with Gasteiger partial charge in [-0.2, -0.15) is 0 Å². The molecule has 0 fully saturated rings. The van der Waals surface area contributed by atoms with E-state index in [9.17, 15) is 14.9 Å². The number of fused-ring (bicyclic) bond motifs is 1. The minimum Gasteiger partial charge on any atom is -0.324 e. The molecular weight excluding hydrogens is 272 g/mol. The quantitative estimate of drug-likeness (QED) is 0.569. The summed E-state index contributed by atoms with van der Waals surface area (Å²) in [5.41, 5.74) is 1.50. The van der Waals surface area contributed by atoms with Gasteiger partial charge in [0.1, 0.15) is 0 Å². The molecule has 2 N–H and O–H groups in total. The summed E-state index contributed by atoms with van der Waals surface area (Å²) in [6.07, 6.45) is 0. The van der Waals surface area contributed by atoms with E-state index in [1.54, 1.807) is 30.3 Å². The van der Waals surface area contributed by atoms with E-state index in [2.05, 4.69) is 15.3 Å². The van der Waals surface area contributed by atoms with E-state index >= 15 is 0 Å². The number of nitro groups is 1. The zero-order valence-corrected chi connectivity index (χ0v) is 10.7. The fourth-order valence-corrected chi connectivity index (χ4v) is 1.94. The molecule has 3 rings (SSSR count). The predicted octanol–water partition coefficient (Wildman–Crippen LogP) is 2.72. The van der Waals surface area contributed by atoms with E-state index in [-0.39, 0.29) is 17.5 Å². The number of benzene rings is 2. The summed E-state index contributed by atoms with van der Waals surface area (Å²) in [4.78, 5) is 29.2. The number of aromatic amines is 1. The van der Waals surface area contributed by atoms with Crippen LogP contribution in [0.5, 0.6) is 0 Å². The third-order valence-electron chi connectivity index (χ3n) is 2.95. The van der Waals surface area contributed by atoms with Gasteiger partial charge in [-0.1, -0.05) is 18.2 Å². The van der Waals surface area contributed by atoms with Crippen LogP contribution in [0.25, 0.3) is 11.0 Å². The van der Waals surface area contributed by atoms with E-state index in [1.165, 1.54) is 12.1 Å². The lowest BCUT2D eigenvalue weighted by Gasteiger charge is -2.00. The summed E-state index contributed by atoms with van der Waals surface area (Å²) in [5, 5.41) is 13.3. The molecule has 0 saturated heterocycles. The van der Waals surface area contributed by atoms with E-state index in [0.717, 1.165) is 0 Å². The third kappa shape index (κ3) is 2.57. The van der Waals surface area contributed by atoms with Crippen molar-refractivity contribution in [3.8, 4) is 0 Å². The summed E-state index contributed by atoms with van der Waals surface area (Å²) >= 11 is 0. The zero-order valence-electron chi connectivity index (χ0n) is 10.7. The highest BCUT2D eigenvalue weighted by molar-refractivity contribution is 6.03. The maximum Gasteiger partial charge on any atom is 0.271 e. The monoisotopic (exact) mass is 282 g/mol. The number of carbonyl (C=O) groups is 1. The number of H-pyrrole nitrogens is 1. The molecule has 0 aliphatic carbocycles. The van der Waals surface area contributed by atoms with Crippen molar-refractivity contribution in [1.29, 1.82) is 0 Å². The zero-order chi connectivity index (χ0) is 14.8. The highest BCUT2D eigenvalue weighted by atomic mass is 16.6. The standard InChI is InChI=1S/C14H10N4O3/c19-13(9-4-2-1-3-5-9)17-14-15-11-7-6-10(18(20)21)8-12(11)16-14/h1-8H,(H2,15,16,17,19). The third-order valence-corrected chi connectivity index (χ3v) is 2.95. The molecule has 3 aromatic rings. The average molecular weight is 282 g/mol. The van der Waals surface area contributed by atoms with Crippen LogP contribution in [-0.2, 0) is 0 Å². The molecule has 0 spiro atoms. The fourth-order valence-electron chi connectivity index (χ4n) is 1.94. The van der Waals surface area contributed by atoms with Crippen molar-refractivity contribution in [2.75, 3.05) is 5.32 Å². The number of rotatable bonds is 3. The number of nitro benzene ring substituents is 1. The second kappa shape index (κ2) is 5.04. The lowest BCUT2D eigenvalue weighted by atomic mass is 10.2. The second-order valence-corrected chi connectivity index (χ2v) is 4.36. The van der Waals surface area contributed by atoms with E-state index in [0.29, 0.717) is 16.6 Å². The van der Waals surface area contributed by atoms with Crippen molar-refractivity contribution in [3.63, 3.8) is 0 Å². The molecule has 0 bridgehead atoms. The summed E-state index contributed by atoms with van der Waals surface area (Å²) < 4.78 is 0. The van der Waals surface area contributed by atoms with Gasteiger partial charge in [-0.3, -0.25) is 20.2 Å². The van der Waals surface area contributed by atoms with Gasteiger partial charge in [0.25, 0.3) is 11.6 Å². The molecule has 0 aliphatic heterocycles. The number of imidazole rings is 1. The molecule has 0 radical (unpaired) electrons. The Balaban J connectivity index is 1.88. The summed E-state index contributed by atoms with van der Waals surface area (Å²) in [6.45, 7) is 0. The van der Waals surface area contributed by atoms with E-state index < -0.39 is 4.92 Å². The lowest BCUT2D eigenvalue weighted by molar-refractivity contribution is -0.384. The predicted molar refractivity (Wildman–Crippen MR) is 77.1 cm³/mol. The maximum absolute atomic E-state index is 12.0. The Kier molecular flexibility index (Phi) is 3.07. The van der Waals surface area contributed by atoms with Crippen LogP contribution < -0.4 is 5.32 Å². The highest BCUT2D eigenvalue weighted by Gasteiger charge is 2.12. The second-order valence-electron chi connectivity index (χ2n) is 4.36. The highest BCUT2D eigenvalue weighted by Crippen LogP contribution is 2.20. The molecule has 0 saturated carbocycles. The number of amides is 1. The Morgan fingerprint density at radius 2 is 1.95 bits per heavy atom. The summed E-state index contributed by atoms with van der Waals surface area (Å²) in [5.74, 6) is -0.0523. The molecular formula is C14H10N4O3. The van der Waals surface area contributed by atoms with Crippen LogP contribution in [0.2, 0.25) is 0 Å². The van der Waals surface area contributed by atoms with Crippen LogP contribution in [0.1, 0.15) is 10.4 Å². The molecule has 0 atom stereocenters. The van der Waals surface area contributed by atoms with Gasteiger partial charge >= 0.3 is 0 Å². The van der Waals surface area contributed by atoms with Crippen molar-refractivity contribution >= 4 is 28.6 Å². The number of nitrogens with one attached hydrogen (secondary N) is 2. The van der Waals surface area contributed by atoms with Crippen LogP contribution in [0.15, 0.2) is 48.5 Å². The Hall–Kier alpha value is -3.22. The van der Waals surface area contributed by atoms with Gasteiger partial charge in [0.05, 0.1) is 16.0 Å². The number of aromatic nitrogens is 2. The van der Waals surface area contributed by atoms with Crippen LogP contribution >= 0.6 is 0 Å². The van der Waals surface area contributed by atoms with Crippen molar-refractivity contribution in [2.45, 2.75) is 0 Å². The van der Waals surface area contributed by atoms with Gasteiger partial charge in [-0.05, 0) is 18.2 Å². The van der Waals surface area contributed by atoms with Gasteiger partial charge in [-0.25, -0.2) is 4.98 Å². The van der Waals surface area contributed by atoms with Crippen molar-refractivity contribution in [1.82, 2.24) is 9.97 Å². The van der Waals surface area contributed by atoms with Crippen molar-refractivity contribution in [3.05, 3.63) is 64.2 Å². The Bertz CT molecular complexity index is 827. The minimum atomic E-state index is -0.490. The number of nitrogens with zero attached hydrogens (tertiary/aromatic N) is 2. The Labute approximate surface area is 118 Å². The first-order valence-electron chi connectivity index (χ1n) is 6.14. The topological polar surface area (TPSA) is 101 Å². The number of carbonyl (C=O) groups excluding carboxylic acids is 1. The smallest absolute Gasteiger partial charge is 0.271 e. The molecule has 0 unspecified atom stereocenters. The minimum absolute atomic E-state index is 0.0464. The van der Waals surface area contributed by atoms with Crippen LogP contribution in [-0.4, -0.2) is 20.8 Å². The largest absolute Gasteiger partial charge is 0.324 e. The normalized spacial score (nSPS) is 10.5. The summed E-state index contributed by atoms with van der Waals surface area (Å²) in [7, 11) is 0. The van der Waals surface area contributed by atoms with E-state index in [4.69, 9.17) is 0 Å². The molecule has 1 amide bonds. The van der Waals surface area contributed by atoms with Crippen LogP contribution in [0.4, 0.5) is 11.6 Å². The summed E-state index contributed by atoms with van der Waals surface area (Å²) in [6, 6.07) is 13.0. The van der Waals surface area contributed by atoms with Gasteiger partial charge in [0.15, 0.2) is 0 Å². The molecule has 7 heteroatoms. The SMILES string of the molecule is O=C(Nc1nc2cc([N+](=O)[O-])ccc2[nH]1)c1ccccc1. The maximum atomic E-state index is 12.0. The first-order valence-corrected chi connectivity index (χ1v) is 6.14. The number of hydrogen-bond acceptors (Lipinski definition) is 4. The molecule has 7 nitrogen and oxygen atoms in total. The van der Waals surface area contributed by atoms with Crippen molar-refractivity contribution < 1.29 is 9.72 Å². The molecule has 0 aliphatic rings. The fraction of sp³-hybridized carbons (Fsp3) is 0. The Morgan fingerprint density at radius 1 is 1.19 bits per heavy atom. The average Bonchev–Trinajstić information content (AvgIpc) is 2.89. The van der Waals surface area contributed by atoms with Crippen LogP contribution in [0.3, 0.4) is 0 Å². The number of hydrogen-bond donors (Lipinski definition) is 2. The first kappa shape index (κ1) is 12.8. The van der Waals surface area contributed by atoms with Gasteiger partial charge in [0.2, 0.25) is 5.95 Å². The first-order chi connectivity index (χ1) is 10.1. The number of anilines is 1. The molecule has 104 valence electrons. The van der Waals surface area contributed by atoms with Gasteiger partial charge < -0.3 is 4.98 Å². The molecule has 21 heavy (non-hydrogen) atoms. The lowest BCUT2D eigenvalue weighted by Crippen LogP contribution is -2.12. The molecule has 2 aromatic carbocycles. The van der Waals surface area contributed by atoms with Crippen LogP contribution in [0, 0.1) is 10.1 Å². The Morgan fingerprint density at radius 3 is 2.67 bits per heavy atom. The molecule has 1 aromatic heterocycles. The van der Waals surface area contributed by atoms with Gasteiger partial charge in [0, 0.05) is 17.7 Å². The van der Waals surface area contributed by atoms with E-state index in [1.807, 2.05) is 6.07 Å².